The van der Waals surface area contributed by atoms with Gasteiger partial charge in [0.2, 0.25) is 11.7 Å². The monoisotopic (exact) mass is 761 g/mol. The molecular formula is C34H33ClF5N9O4. The van der Waals surface area contributed by atoms with E-state index in [1.807, 2.05) is 0 Å². The summed E-state index contributed by atoms with van der Waals surface area (Å²) in [6.45, 7) is 3.52. The number of rotatable bonds is 7. The van der Waals surface area contributed by atoms with Crippen LogP contribution >= 0.6 is 11.6 Å². The summed E-state index contributed by atoms with van der Waals surface area (Å²) in [7, 11) is 0. The zero-order valence-electron chi connectivity index (χ0n) is 28.5. The van der Waals surface area contributed by atoms with E-state index >= 15 is 0 Å². The topological polar surface area (TPSA) is 151 Å². The van der Waals surface area contributed by atoms with E-state index in [1.54, 1.807) is 24.8 Å². The summed E-state index contributed by atoms with van der Waals surface area (Å²) in [6.07, 6.45) is -1.14. The molecule has 3 aliphatic rings. The number of aryl methyl sites for hydroxylation is 1. The molecule has 1 atom stereocenters. The Morgan fingerprint density at radius 3 is 2.43 bits per heavy atom. The third kappa shape index (κ3) is 6.46. The largest absolute Gasteiger partial charge is 0.504 e. The van der Waals surface area contributed by atoms with Gasteiger partial charge < -0.3 is 24.8 Å². The van der Waals surface area contributed by atoms with Crippen LogP contribution in [0.15, 0.2) is 35.4 Å². The van der Waals surface area contributed by atoms with Gasteiger partial charge in [-0.05, 0) is 56.4 Å². The van der Waals surface area contributed by atoms with Crippen molar-refractivity contribution in [2.45, 2.75) is 64.6 Å². The van der Waals surface area contributed by atoms with Crippen molar-refractivity contribution in [2.75, 3.05) is 36.4 Å². The molecule has 13 nitrogen and oxygen atoms in total. The number of carbonyl (C=O) groups excluding carboxylic acids is 2. The zero-order chi connectivity index (χ0) is 38.0. The van der Waals surface area contributed by atoms with E-state index in [0.717, 1.165) is 16.6 Å². The van der Waals surface area contributed by atoms with Crippen LogP contribution in [0, 0.1) is 12.3 Å². The number of benzene rings is 1. The van der Waals surface area contributed by atoms with E-state index in [-0.39, 0.29) is 103 Å². The molecule has 7 rings (SSSR count). The Morgan fingerprint density at radius 2 is 1.83 bits per heavy atom. The van der Waals surface area contributed by atoms with Crippen molar-refractivity contribution in [2.24, 2.45) is 5.41 Å². The highest BCUT2D eigenvalue weighted by Crippen LogP contribution is 2.67. The molecule has 2 fully saturated rings. The highest BCUT2D eigenvalue weighted by Gasteiger charge is 2.70. The maximum atomic E-state index is 14.3. The lowest BCUT2D eigenvalue weighted by Gasteiger charge is -2.36. The first-order valence-electron chi connectivity index (χ1n) is 16.8. The number of hydrogen-bond donors (Lipinski definition) is 2. The first kappa shape index (κ1) is 36.2. The summed E-state index contributed by atoms with van der Waals surface area (Å²) in [4.78, 5) is 56.7. The van der Waals surface area contributed by atoms with E-state index in [1.165, 1.54) is 15.8 Å². The number of nitrogens with zero attached hydrogens (tertiary/aromatic N) is 8. The summed E-state index contributed by atoms with van der Waals surface area (Å²) < 4.78 is 70.4. The fourth-order valence-corrected chi connectivity index (χ4v) is 7.30. The molecule has 53 heavy (non-hydrogen) atoms. The quantitative estimate of drug-likeness (QED) is 0.245. The molecule has 19 heteroatoms. The normalized spacial score (nSPS) is 19.8. The highest BCUT2D eigenvalue weighted by atomic mass is 35.5. The summed E-state index contributed by atoms with van der Waals surface area (Å²) in [5, 5.41) is 17.1. The minimum Gasteiger partial charge on any atom is -0.504 e. The number of alkyl halides is 5. The van der Waals surface area contributed by atoms with Crippen LogP contribution in [0.2, 0.25) is 5.02 Å². The Labute approximate surface area is 303 Å². The van der Waals surface area contributed by atoms with Gasteiger partial charge in [0.15, 0.2) is 17.3 Å². The lowest BCUT2D eigenvalue weighted by Crippen LogP contribution is -2.51. The molecule has 0 bridgehead atoms. The molecule has 1 aromatic carbocycles. The lowest BCUT2D eigenvalue weighted by atomic mass is 9.86. The molecule has 4 aromatic rings. The maximum absolute atomic E-state index is 14.3. The van der Waals surface area contributed by atoms with Crippen LogP contribution in [0.3, 0.4) is 0 Å². The van der Waals surface area contributed by atoms with Crippen molar-refractivity contribution in [3.8, 4) is 5.75 Å². The average Bonchev–Trinajstić information content (AvgIpc) is 3.40. The molecular weight excluding hydrogens is 729 g/mol. The first-order valence-corrected chi connectivity index (χ1v) is 17.2. The Hall–Kier alpha value is -5.13. The molecule has 280 valence electrons. The summed E-state index contributed by atoms with van der Waals surface area (Å²) in [5.41, 5.74) is -1.41. The number of nitrogens with one attached hydrogen (secondary N) is 1. The fraction of sp³-hybridized carbons (Fsp3) is 0.441. The Morgan fingerprint density at radius 1 is 1.11 bits per heavy atom. The van der Waals surface area contributed by atoms with Crippen LogP contribution in [0.1, 0.15) is 65.9 Å². The van der Waals surface area contributed by atoms with E-state index in [4.69, 9.17) is 11.6 Å². The van der Waals surface area contributed by atoms with Crippen LogP contribution in [-0.2, 0) is 23.9 Å². The molecule has 4 heterocycles. The number of piperazine rings is 1. The number of hydrogen-bond acceptors (Lipinski definition) is 9. The Kier molecular flexibility index (Phi) is 8.94. The molecule has 2 N–H and O–H groups in total. The number of allylic oxidation sites excluding steroid dienone is 2. The van der Waals surface area contributed by atoms with Gasteiger partial charge in [-0.15, -0.1) is 5.10 Å². The Bertz CT molecular complexity index is 2250. The first-order chi connectivity index (χ1) is 25.0. The Balaban J connectivity index is 1.23. The predicted molar refractivity (Wildman–Crippen MR) is 182 cm³/mol. The van der Waals surface area contributed by atoms with Crippen molar-refractivity contribution in [1.82, 2.24) is 34.0 Å². The second-order valence-corrected chi connectivity index (χ2v) is 13.9. The average molecular weight is 762 g/mol. The third-order valence-corrected chi connectivity index (χ3v) is 10.5. The summed E-state index contributed by atoms with van der Waals surface area (Å²) in [6, 6.07) is 2.53. The van der Waals surface area contributed by atoms with Crippen LogP contribution in [0.4, 0.5) is 33.3 Å². The van der Waals surface area contributed by atoms with Gasteiger partial charge in [-0.3, -0.25) is 14.4 Å². The molecule has 1 spiro atoms. The molecule has 1 saturated heterocycles. The fourth-order valence-electron chi connectivity index (χ4n) is 7.07. The number of carbonyl (C=O) groups is 2. The molecule has 2 amide bonds. The van der Waals surface area contributed by atoms with Crippen LogP contribution < -0.4 is 15.8 Å². The standard InChI is InChI=1S/C34H33ClF5N9O4/c1-3-23-26(46-10-12-47(13-11-46)29(52)25-27(51)18(2)41-17-42-25)30(53)49-31(44-28(45-49)19-6-8-32(9-7-19)16-33(32,36)37)48(23)15-24(50)43-22-5-4-20(14-21(22)35)34(38,39)40/h4-6,14,17,51H,3,7-13,15-16H2,1-2H3,(H,43,50). The van der Waals surface area contributed by atoms with Gasteiger partial charge in [0.1, 0.15) is 18.6 Å². The summed E-state index contributed by atoms with van der Waals surface area (Å²) >= 11 is 6.11. The molecule has 0 radical (unpaired) electrons. The van der Waals surface area contributed by atoms with Crippen LogP contribution in [-0.4, -0.2) is 83.1 Å². The van der Waals surface area contributed by atoms with Gasteiger partial charge in [-0.2, -0.15) is 22.7 Å². The minimum atomic E-state index is -4.64. The van der Waals surface area contributed by atoms with E-state index in [0.29, 0.717) is 17.3 Å². The number of halogens is 6. The van der Waals surface area contributed by atoms with Crippen molar-refractivity contribution in [1.29, 1.82) is 0 Å². The van der Waals surface area contributed by atoms with E-state index in [2.05, 4.69) is 25.4 Å². The van der Waals surface area contributed by atoms with Crippen LogP contribution in [0.5, 0.6) is 5.75 Å². The van der Waals surface area contributed by atoms with Crippen molar-refractivity contribution in [3.05, 3.63) is 74.4 Å². The number of anilines is 2. The molecule has 1 unspecified atom stereocenters. The molecule has 1 saturated carbocycles. The molecule has 3 aromatic heterocycles. The van der Waals surface area contributed by atoms with Gasteiger partial charge in [0.05, 0.1) is 27.7 Å². The zero-order valence-corrected chi connectivity index (χ0v) is 29.2. The van der Waals surface area contributed by atoms with Gasteiger partial charge in [-0.1, -0.05) is 24.6 Å². The highest BCUT2D eigenvalue weighted by molar-refractivity contribution is 6.33. The molecule has 2 aliphatic carbocycles. The van der Waals surface area contributed by atoms with E-state index < -0.39 is 47.0 Å². The summed E-state index contributed by atoms with van der Waals surface area (Å²) in [5.74, 6) is -4.11. The second kappa shape index (κ2) is 13.1. The van der Waals surface area contributed by atoms with Gasteiger partial charge >= 0.3 is 6.18 Å². The molecule has 1 aliphatic heterocycles. The van der Waals surface area contributed by atoms with Crippen molar-refractivity contribution in [3.63, 3.8) is 0 Å². The van der Waals surface area contributed by atoms with Gasteiger partial charge in [0.25, 0.3) is 17.4 Å². The van der Waals surface area contributed by atoms with Crippen molar-refractivity contribution < 1.29 is 36.6 Å². The number of aromatic nitrogens is 6. The maximum Gasteiger partial charge on any atom is 0.416 e. The number of aromatic hydroxyl groups is 1. The number of amides is 2. The SMILES string of the molecule is CCc1c(N2CCN(C(=O)c3ncnc(C)c3O)CC2)c(=O)n2nc(C3=CCC4(CC3)CC4(F)F)nc2n1CC(=O)Nc1ccc(C(F)(F)F)cc1Cl. The van der Waals surface area contributed by atoms with Crippen LogP contribution in [0.25, 0.3) is 11.4 Å². The van der Waals surface area contributed by atoms with Gasteiger partial charge in [-0.25, -0.2) is 18.7 Å². The number of fused-ring (bicyclic) bond motifs is 1. The van der Waals surface area contributed by atoms with Crippen molar-refractivity contribution >= 4 is 46.1 Å². The van der Waals surface area contributed by atoms with Gasteiger partial charge in [0, 0.05) is 38.0 Å². The lowest BCUT2D eigenvalue weighted by molar-refractivity contribution is -0.137. The second-order valence-electron chi connectivity index (χ2n) is 13.5. The minimum absolute atomic E-state index is 0.000579. The smallest absolute Gasteiger partial charge is 0.416 e. The predicted octanol–water partition coefficient (Wildman–Crippen LogP) is 5.12. The third-order valence-electron chi connectivity index (χ3n) is 10.2. The van der Waals surface area contributed by atoms with E-state index in [9.17, 15) is 41.4 Å².